The van der Waals surface area contributed by atoms with Crippen LogP contribution in [0.2, 0.25) is 0 Å². The Morgan fingerprint density at radius 3 is 1.62 bits per heavy atom. The van der Waals surface area contributed by atoms with Crippen molar-refractivity contribution in [3.63, 3.8) is 0 Å². The Labute approximate surface area is 199 Å². The Kier molecular flexibility index (Phi) is 6.80. The highest BCUT2D eigenvalue weighted by Crippen LogP contribution is 2.32. The van der Waals surface area contributed by atoms with Crippen molar-refractivity contribution < 1.29 is 22.7 Å². The highest BCUT2D eigenvalue weighted by atomic mass is 32.2. The molecule has 172 valence electrons. The van der Waals surface area contributed by atoms with Crippen molar-refractivity contribution in [3.8, 4) is 0 Å². The molecule has 2 nitrogen and oxygen atoms in total. The summed E-state index contributed by atoms with van der Waals surface area (Å²) in [6.45, 7) is 2.99. The molecule has 34 heavy (non-hydrogen) atoms. The lowest BCUT2D eigenvalue weighted by molar-refractivity contribution is -0.00346. The molecule has 0 atom stereocenters. The van der Waals surface area contributed by atoms with E-state index in [9.17, 15) is 18.0 Å². The third-order valence-electron chi connectivity index (χ3n) is 5.31. The van der Waals surface area contributed by atoms with Crippen LogP contribution in [-0.4, -0.2) is 5.97 Å². The van der Waals surface area contributed by atoms with Crippen molar-refractivity contribution in [3.05, 3.63) is 126 Å². The molecule has 0 saturated carbocycles. The largest absolute Gasteiger partial charge is 0.451 e. The van der Waals surface area contributed by atoms with Gasteiger partial charge in [0.2, 0.25) is 0 Å². The van der Waals surface area contributed by atoms with Crippen molar-refractivity contribution in [1.82, 2.24) is 0 Å². The van der Waals surface area contributed by atoms with Gasteiger partial charge in [-0.15, -0.1) is 0 Å². The Balaban J connectivity index is 1.59. The van der Waals surface area contributed by atoms with E-state index in [2.05, 4.69) is 24.3 Å². The van der Waals surface area contributed by atoms with Gasteiger partial charge in [0.1, 0.15) is 5.60 Å². The summed E-state index contributed by atoms with van der Waals surface area (Å²) in [5.74, 6) is -4.88. The maximum atomic E-state index is 13.7. The average molecular weight is 480 g/mol. The molecular formula is C28H22F3O2S+. The van der Waals surface area contributed by atoms with Crippen LogP contribution in [0.5, 0.6) is 0 Å². The Morgan fingerprint density at radius 1 is 0.706 bits per heavy atom. The second kappa shape index (κ2) is 9.77. The van der Waals surface area contributed by atoms with Crippen LogP contribution < -0.4 is 0 Å². The zero-order chi connectivity index (χ0) is 24.3. The molecule has 0 amide bonds. The quantitative estimate of drug-likeness (QED) is 0.165. The first-order chi connectivity index (χ1) is 16.3. The SMILES string of the molecule is CC(C)(OC(=O)c1ccc([S+](c2ccccc2)c2ccccc2)cc1)c1cc(F)c(F)c(F)c1. The first-order valence-corrected chi connectivity index (χ1v) is 11.8. The fourth-order valence-corrected chi connectivity index (χ4v) is 5.58. The first-order valence-electron chi connectivity index (χ1n) is 10.6. The molecule has 4 aromatic carbocycles. The zero-order valence-corrected chi connectivity index (χ0v) is 19.4. The summed E-state index contributed by atoms with van der Waals surface area (Å²) in [5, 5.41) is 0. The van der Waals surface area contributed by atoms with Crippen LogP contribution in [-0.2, 0) is 21.2 Å². The minimum atomic E-state index is -1.56. The summed E-state index contributed by atoms with van der Waals surface area (Å²) in [4.78, 5) is 16.1. The standard InChI is InChI=1S/C28H22F3O2S/c1-28(2,20-17-24(29)26(31)25(30)18-20)33-27(32)19-13-15-23(16-14-19)34(21-9-5-3-6-10-21)22-11-7-4-8-12-22/h3-18H,1-2H3/q+1. The van der Waals surface area contributed by atoms with E-state index in [4.69, 9.17) is 4.74 Å². The number of esters is 1. The second-order valence-corrected chi connectivity index (χ2v) is 10.1. The minimum Gasteiger partial charge on any atom is -0.451 e. The van der Waals surface area contributed by atoms with Crippen LogP contribution in [0.1, 0.15) is 29.8 Å². The highest BCUT2D eigenvalue weighted by Gasteiger charge is 2.31. The van der Waals surface area contributed by atoms with Crippen LogP contribution in [0.15, 0.2) is 112 Å². The Bertz CT molecular complexity index is 1230. The lowest BCUT2D eigenvalue weighted by atomic mass is 9.97. The number of hydrogen-bond donors (Lipinski definition) is 0. The molecule has 0 aliphatic rings. The fraction of sp³-hybridized carbons (Fsp3) is 0.107. The molecule has 0 fully saturated rings. The van der Waals surface area contributed by atoms with Crippen LogP contribution >= 0.6 is 0 Å². The lowest BCUT2D eigenvalue weighted by Gasteiger charge is -2.26. The van der Waals surface area contributed by atoms with Gasteiger partial charge in [0.05, 0.1) is 16.5 Å². The number of ether oxygens (including phenoxy) is 1. The van der Waals surface area contributed by atoms with Crippen LogP contribution in [0.25, 0.3) is 0 Å². The van der Waals surface area contributed by atoms with Crippen molar-refractivity contribution in [2.24, 2.45) is 0 Å². The molecule has 0 unspecified atom stereocenters. The zero-order valence-electron chi connectivity index (χ0n) is 18.6. The van der Waals surface area contributed by atoms with Crippen molar-refractivity contribution in [1.29, 1.82) is 0 Å². The van der Waals surface area contributed by atoms with Crippen molar-refractivity contribution >= 4 is 16.9 Å². The maximum Gasteiger partial charge on any atom is 0.338 e. The minimum absolute atomic E-state index is 0.0172. The van der Waals surface area contributed by atoms with E-state index in [0.717, 1.165) is 26.8 Å². The third kappa shape index (κ3) is 5.02. The number of rotatable bonds is 6. The van der Waals surface area contributed by atoms with Gasteiger partial charge in [-0.1, -0.05) is 36.4 Å². The van der Waals surface area contributed by atoms with Crippen molar-refractivity contribution in [2.75, 3.05) is 0 Å². The molecule has 0 aromatic heterocycles. The normalized spacial score (nSPS) is 11.5. The summed E-state index contributed by atoms with van der Waals surface area (Å²) in [6.07, 6.45) is 0. The maximum absolute atomic E-state index is 13.7. The van der Waals surface area contributed by atoms with Gasteiger partial charge >= 0.3 is 5.97 Å². The molecule has 0 saturated heterocycles. The monoisotopic (exact) mass is 479 g/mol. The van der Waals surface area contributed by atoms with E-state index in [0.29, 0.717) is 5.56 Å². The smallest absolute Gasteiger partial charge is 0.338 e. The molecule has 4 aromatic rings. The third-order valence-corrected chi connectivity index (χ3v) is 7.54. The van der Waals surface area contributed by atoms with Gasteiger partial charge < -0.3 is 4.74 Å². The number of carbonyl (C=O) groups is 1. The Morgan fingerprint density at radius 2 is 1.15 bits per heavy atom. The van der Waals surface area contributed by atoms with Crippen LogP contribution in [0.3, 0.4) is 0 Å². The summed E-state index contributed by atoms with van der Waals surface area (Å²) < 4.78 is 46.2. The highest BCUT2D eigenvalue weighted by molar-refractivity contribution is 7.97. The number of halogens is 3. The van der Waals surface area contributed by atoms with Gasteiger partial charge in [0.25, 0.3) is 0 Å². The van der Waals surface area contributed by atoms with Crippen LogP contribution in [0, 0.1) is 17.5 Å². The predicted octanol–water partition coefficient (Wildman–Crippen LogP) is 7.29. The van der Waals surface area contributed by atoms with E-state index < -0.39 is 29.0 Å². The van der Waals surface area contributed by atoms with E-state index in [-0.39, 0.29) is 16.5 Å². The molecule has 0 aliphatic heterocycles. The van der Waals surface area contributed by atoms with E-state index in [1.807, 2.05) is 48.5 Å². The molecule has 0 radical (unpaired) electrons. The molecule has 0 N–H and O–H groups in total. The predicted molar refractivity (Wildman–Crippen MR) is 126 cm³/mol. The molecule has 0 heterocycles. The summed E-state index contributed by atoms with van der Waals surface area (Å²) in [6, 6.07) is 29.0. The number of hydrogen-bond acceptors (Lipinski definition) is 2. The van der Waals surface area contributed by atoms with Gasteiger partial charge in [-0.05, 0) is 74.5 Å². The molecule has 6 heteroatoms. The van der Waals surface area contributed by atoms with Gasteiger partial charge in [0, 0.05) is 5.56 Å². The van der Waals surface area contributed by atoms with Gasteiger partial charge in [-0.3, -0.25) is 0 Å². The van der Waals surface area contributed by atoms with E-state index >= 15 is 0 Å². The van der Waals surface area contributed by atoms with Gasteiger partial charge in [-0.2, -0.15) is 0 Å². The number of benzene rings is 4. The summed E-state index contributed by atoms with van der Waals surface area (Å²) in [5.41, 5.74) is -1.06. The average Bonchev–Trinajstić information content (AvgIpc) is 2.84. The summed E-state index contributed by atoms with van der Waals surface area (Å²) in [7, 11) is -0.363. The van der Waals surface area contributed by atoms with Crippen molar-refractivity contribution in [2.45, 2.75) is 34.1 Å². The summed E-state index contributed by atoms with van der Waals surface area (Å²) >= 11 is 0. The lowest BCUT2D eigenvalue weighted by Crippen LogP contribution is -2.26. The second-order valence-electron chi connectivity index (χ2n) is 8.11. The molecule has 0 aliphatic carbocycles. The van der Waals surface area contributed by atoms with E-state index in [1.165, 1.54) is 13.8 Å². The Hall–Kier alpha value is -3.51. The first kappa shape index (κ1) is 23.6. The molecule has 0 bridgehead atoms. The fourth-order valence-electron chi connectivity index (χ4n) is 3.50. The van der Waals surface area contributed by atoms with Gasteiger partial charge in [0.15, 0.2) is 32.1 Å². The van der Waals surface area contributed by atoms with Crippen LogP contribution in [0.4, 0.5) is 13.2 Å². The molecule has 4 rings (SSSR count). The molecular weight excluding hydrogens is 457 g/mol. The van der Waals surface area contributed by atoms with E-state index in [1.54, 1.807) is 12.1 Å². The van der Waals surface area contributed by atoms with Gasteiger partial charge in [-0.25, -0.2) is 18.0 Å². The number of carbonyl (C=O) groups excluding carboxylic acids is 1. The topological polar surface area (TPSA) is 26.3 Å². The molecule has 0 spiro atoms.